The molecule has 1 N–H and O–H groups in total. The lowest BCUT2D eigenvalue weighted by atomic mass is 10.2. The van der Waals surface area contributed by atoms with Gasteiger partial charge in [-0.25, -0.2) is 0 Å². The second-order valence-electron chi connectivity index (χ2n) is 3.89. The fourth-order valence-electron chi connectivity index (χ4n) is 1.39. The summed E-state index contributed by atoms with van der Waals surface area (Å²) in [5.74, 6) is 0.732. The van der Waals surface area contributed by atoms with Crippen LogP contribution in [0.2, 0.25) is 0 Å². The van der Waals surface area contributed by atoms with E-state index in [9.17, 15) is 0 Å². The lowest BCUT2D eigenvalue weighted by Gasteiger charge is -2.04. The van der Waals surface area contributed by atoms with E-state index in [4.69, 9.17) is 0 Å². The SMILES string of the molecule is CC(C)CNCc1cc2sccc2s1. The third-order valence-corrected chi connectivity index (χ3v) is 4.14. The molecule has 0 amide bonds. The molecule has 76 valence electrons. The number of nitrogens with one attached hydrogen (secondary N) is 1. The van der Waals surface area contributed by atoms with Gasteiger partial charge in [0.15, 0.2) is 0 Å². The van der Waals surface area contributed by atoms with Crippen LogP contribution in [0.4, 0.5) is 0 Å². The molecule has 0 aromatic carbocycles. The van der Waals surface area contributed by atoms with Crippen molar-refractivity contribution in [3.8, 4) is 0 Å². The van der Waals surface area contributed by atoms with Crippen molar-refractivity contribution in [3.63, 3.8) is 0 Å². The summed E-state index contributed by atoms with van der Waals surface area (Å²) in [6.07, 6.45) is 0. The molecule has 0 saturated carbocycles. The van der Waals surface area contributed by atoms with Crippen LogP contribution in [0.5, 0.6) is 0 Å². The van der Waals surface area contributed by atoms with Gasteiger partial charge in [-0.3, -0.25) is 0 Å². The van der Waals surface area contributed by atoms with Gasteiger partial charge in [0, 0.05) is 20.8 Å². The Balaban J connectivity index is 1.95. The zero-order valence-electron chi connectivity index (χ0n) is 8.54. The summed E-state index contributed by atoms with van der Waals surface area (Å²) < 4.78 is 2.85. The van der Waals surface area contributed by atoms with E-state index in [1.54, 1.807) is 0 Å². The van der Waals surface area contributed by atoms with E-state index in [0.29, 0.717) is 0 Å². The molecule has 2 heterocycles. The Morgan fingerprint density at radius 1 is 1.36 bits per heavy atom. The van der Waals surface area contributed by atoms with Crippen molar-refractivity contribution >= 4 is 32.1 Å². The van der Waals surface area contributed by atoms with Crippen molar-refractivity contribution in [1.82, 2.24) is 5.32 Å². The van der Waals surface area contributed by atoms with E-state index in [0.717, 1.165) is 19.0 Å². The summed E-state index contributed by atoms with van der Waals surface area (Å²) >= 11 is 3.73. The molecular weight excluding hydrogens is 210 g/mol. The van der Waals surface area contributed by atoms with Gasteiger partial charge >= 0.3 is 0 Å². The summed E-state index contributed by atoms with van der Waals surface area (Å²) in [6, 6.07) is 4.51. The molecule has 0 aliphatic heterocycles. The Labute approximate surface area is 92.8 Å². The third-order valence-electron chi connectivity index (χ3n) is 2.04. The molecule has 0 radical (unpaired) electrons. The summed E-state index contributed by atoms with van der Waals surface area (Å²) in [5, 5.41) is 5.63. The summed E-state index contributed by atoms with van der Waals surface area (Å²) in [4.78, 5) is 1.45. The lowest BCUT2D eigenvalue weighted by molar-refractivity contribution is 0.555. The second kappa shape index (κ2) is 4.43. The van der Waals surface area contributed by atoms with Gasteiger partial charge in [-0.1, -0.05) is 13.8 Å². The van der Waals surface area contributed by atoms with Crippen LogP contribution in [0.15, 0.2) is 17.5 Å². The highest BCUT2D eigenvalue weighted by molar-refractivity contribution is 7.26. The summed E-state index contributed by atoms with van der Waals surface area (Å²) in [5.41, 5.74) is 0. The highest BCUT2D eigenvalue weighted by atomic mass is 32.1. The monoisotopic (exact) mass is 225 g/mol. The number of hydrogen-bond acceptors (Lipinski definition) is 3. The highest BCUT2D eigenvalue weighted by Gasteiger charge is 2.02. The first-order valence-electron chi connectivity index (χ1n) is 4.92. The molecule has 0 aliphatic carbocycles. The number of hydrogen-bond donors (Lipinski definition) is 1. The van der Waals surface area contributed by atoms with Crippen molar-refractivity contribution in [1.29, 1.82) is 0 Å². The van der Waals surface area contributed by atoms with Crippen molar-refractivity contribution in [2.75, 3.05) is 6.54 Å². The molecule has 0 unspecified atom stereocenters. The molecule has 2 rings (SSSR count). The smallest absolute Gasteiger partial charge is 0.0453 e. The van der Waals surface area contributed by atoms with Crippen LogP contribution >= 0.6 is 22.7 Å². The van der Waals surface area contributed by atoms with Crippen LogP contribution in [0.1, 0.15) is 18.7 Å². The average Bonchev–Trinajstić information content (AvgIpc) is 2.62. The zero-order valence-corrected chi connectivity index (χ0v) is 10.2. The first-order valence-corrected chi connectivity index (χ1v) is 6.62. The number of thiophene rings is 2. The molecular formula is C11H15NS2. The van der Waals surface area contributed by atoms with Gasteiger partial charge in [-0.15, -0.1) is 22.7 Å². The van der Waals surface area contributed by atoms with Crippen LogP contribution in [0.3, 0.4) is 0 Å². The molecule has 0 atom stereocenters. The maximum atomic E-state index is 3.47. The zero-order chi connectivity index (χ0) is 9.97. The molecule has 0 saturated heterocycles. The van der Waals surface area contributed by atoms with E-state index in [2.05, 4.69) is 36.7 Å². The molecule has 3 heteroatoms. The highest BCUT2D eigenvalue weighted by Crippen LogP contribution is 2.29. The van der Waals surface area contributed by atoms with Crippen molar-refractivity contribution < 1.29 is 0 Å². The fraction of sp³-hybridized carbons (Fsp3) is 0.455. The lowest BCUT2D eigenvalue weighted by Crippen LogP contribution is -2.18. The van der Waals surface area contributed by atoms with Crippen LogP contribution in [-0.4, -0.2) is 6.54 Å². The molecule has 2 aromatic rings. The predicted molar refractivity (Wildman–Crippen MR) is 66.2 cm³/mol. The molecule has 0 fully saturated rings. The van der Waals surface area contributed by atoms with Crippen LogP contribution < -0.4 is 5.32 Å². The predicted octanol–water partition coefficient (Wildman–Crippen LogP) is 3.71. The normalized spacial score (nSPS) is 11.6. The Morgan fingerprint density at radius 3 is 2.93 bits per heavy atom. The maximum absolute atomic E-state index is 3.47. The first kappa shape index (κ1) is 10.1. The van der Waals surface area contributed by atoms with Gasteiger partial charge in [0.05, 0.1) is 0 Å². The largest absolute Gasteiger partial charge is 0.312 e. The van der Waals surface area contributed by atoms with Crippen molar-refractivity contribution in [2.24, 2.45) is 5.92 Å². The van der Waals surface area contributed by atoms with Crippen LogP contribution in [0, 0.1) is 5.92 Å². The fourth-order valence-corrected chi connectivity index (χ4v) is 3.49. The van der Waals surface area contributed by atoms with Gasteiger partial charge in [-0.2, -0.15) is 0 Å². The molecule has 0 aliphatic rings. The molecule has 0 bridgehead atoms. The van der Waals surface area contributed by atoms with Gasteiger partial charge in [-0.05, 0) is 30.0 Å². The molecule has 2 aromatic heterocycles. The first-order chi connectivity index (χ1) is 6.75. The molecule has 14 heavy (non-hydrogen) atoms. The topological polar surface area (TPSA) is 12.0 Å². The minimum atomic E-state index is 0.732. The van der Waals surface area contributed by atoms with E-state index in [1.807, 2.05) is 22.7 Å². The van der Waals surface area contributed by atoms with Gasteiger partial charge in [0.25, 0.3) is 0 Å². The maximum Gasteiger partial charge on any atom is 0.0453 e. The summed E-state index contributed by atoms with van der Waals surface area (Å²) in [6.45, 7) is 6.59. The minimum absolute atomic E-state index is 0.732. The van der Waals surface area contributed by atoms with Crippen LogP contribution in [0.25, 0.3) is 9.40 Å². The Hall–Kier alpha value is -0.380. The molecule has 0 spiro atoms. The molecule has 1 nitrogen and oxygen atoms in total. The average molecular weight is 225 g/mol. The number of rotatable bonds is 4. The quantitative estimate of drug-likeness (QED) is 0.836. The van der Waals surface area contributed by atoms with Crippen molar-refractivity contribution in [3.05, 3.63) is 22.4 Å². The van der Waals surface area contributed by atoms with E-state index >= 15 is 0 Å². The standard InChI is InChI=1S/C11H15NS2/c1-8(2)6-12-7-9-5-11-10(14-9)3-4-13-11/h3-5,8,12H,6-7H2,1-2H3. The Morgan fingerprint density at radius 2 is 2.21 bits per heavy atom. The van der Waals surface area contributed by atoms with Crippen molar-refractivity contribution in [2.45, 2.75) is 20.4 Å². The Bertz CT molecular complexity index is 371. The van der Waals surface area contributed by atoms with Crippen LogP contribution in [-0.2, 0) is 6.54 Å². The third kappa shape index (κ3) is 2.35. The van der Waals surface area contributed by atoms with E-state index < -0.39 is 0 Å². The van der Waals surface area contributed by atoms with E-state index in [-0.39, 0.29) is 0 Å². The summed E-state index contributed by atoms with van der Waals surface area (Å²) in [7, 11) is 0. The van der Waals surface area contributed by atoms with Gasteiger partial charge in [0.1, 0.15) is 0 Å². The Kier molecular flexibility index (Phi) is 3.21. The van der Waals surface area contributed by atoms with E-state index in [1.165, 1.54) is 14.3 Å². The second-order valence-corrected chi connectivity index (χ2v) is 6.00. The van der Waals surface area contributed by atoms with Gasteiger partial charge < -0.3 is 5.32 Å². The van der Waals surface area contributed by atoms with Gasteiger partial charge in [0.2, 0.25) is 0 Å². The minimum Gasteiger partial charge on any atom is -0.312 e. The number of fused-ring (bicyclic) bond motifs is 1.